The van der Waals surface area contributed by atoms with Crippen molar-refractivity contribution in [2.75, 3.05) is 16.8 Å². The molecule has 0 aliphatic carbocycles. The second-order valence-electron chi connectivity index (χ2n) is 6.82. The van der Waals surface area contributed by atoms with Crippen LogP contribution in [0.4, 0.5) is 11.4 Å². The summed E-state index contributed by atoms with van der Waals surface area (Å²) in [5, 5.41) is 4.95. The maximum atomic E-state index is 13.2. The number of nitrogens with one attached hydrogen (secondary N) is 1. The topological polar surface area (TPSA) is 62.3 Å². The zero-order valence-corrected chi connectivity index (χ0v) is 16.6. The average Bonchev–Trinajstić information content (AvgIpc) is 2.80. The number of hydrogen-bond acceptors (Lipinski definition) is 3. The predicted octanol–water partition coefficient (Wildman–Crippen LogP) is 5.15. The summed E-state index contributed by atoms with van der Waals surface area (Å²) in [6.07, 6.45) is 3.13. The fraction of sp³-hybridized carbons (Fsp3) is 0.0800. The highest BCUT2D eigenvalue weighted by Gasteiger charge is 2.18. The quantitative estimate of drug-likeness (QED) is 0.508. The number of anilines is 2. The highest BCUT2D eigenvalue weighted by atomic mass is 16.2. The Labute approximate surface area is 175 Å². The van der Waals surface area contributed by atoms with E-state index in [2.05, 4.69) is 10.3 Å². The number of carbonyl (C=O) groups is 2. The molecule has 4 aromatic rings. The lowest BCUT2D eigenvalue weighted by atomic mass is 10.1. The van der Waals surface area contributed by atoms with Crippen molar-refractivity contribution >= 4 is 34.0 Å². The summed E-state index contributed by atoms with van der Waals surface area (Å²) in [5.41, 5.74) is 2.54. The smallest absolute Gasteiger partial charge is 0.258 e. The van der Waals surface area contributed by atoms with E-state index in [0.29, 0.717) is 23.4 Å². The number of aromatic nitrogens is 1. The number of benzene rings is 3. The van der Waals surface area contributed by atoms with Crippen LogP contribution in [0.5, 0.6) is 0 Å². The standard InChI is InChI=1S/C25H21N3O2/c1-2-28(23-11-5-8-18-7-3-4-10-22(18)23)25(30)19-12-14-21(15-13-19)27-24(29)20-9-6-16-26-17-20/h3-17H,2H2,1H3,(H,27,29). The second-order valence-corrected chi connectivity index (χ2v) is 6.82. The van der Waals surface area contributed by atoms with Gasteiger partial charge in [0.15, 0.2) is 0 Å². The molecule has 0 atom stereocenters. The molecule has 0 aliphatic rings. The van der Waals surface area contributed by atoms with Gasteiger partial charge in [-0.15, -0.1) is 0 Å². The summed E-state index contributed by atoms with van der Waals surface area (Å²) in [4.78, 5) is 31.2. The second kappa shape index (κ2) is 8.57. The number of carbonyl (C=O) groups excluding carboxylic acids is 2. The summed E-state index contributed by atoms with van der Waals surface area (Å²) in [5.74, 6) is -0.327. The number of rotatable bonds is 5. The minimum Gasteiger partial charge on any atom is -0.322 e. The van der Waals surface area contributed by atoms with E-state index in [1.165, 1.54) is 6.20 Å². The van der Waals surface area contributed by atoms with Crippen LogP contribution < -0.4 is 10.2 Å². The van der Waals surface area contributed by atoms with Crippen molar-refractivity contribution in [3.05, 3.63) is 102 Å². The third kappa shape index (κ3) is 3.91. The van der Waals surface area contributed by atoms with Gasteiger partial charge < -0.3 is 10.2 Å². The van der Waals surface area contributed by atoms with E-state index in [4.69, 9.17) is 0 Å². The largest absolute Gasteiger partial charge is 0.322 e. The van der Waals surface area contributed by atoms with Gasteiger partial charge in [-0.1, -0.05) is 36.4 Å². The molecule has 30 heavy (non-hydrogen) atoms. The summed E-state index contributed by atoms with van der Waals surface area (Å²) in [6.45, 7) is 2.51. The van der Waals surface area contributed by atoms with E-state index >= 15 is 0 Å². The molecule has 0 saturated carbocycles. The van der Waals surface area contributed by atoms with Crippen molar-refractivity contribution in [1.82, 2.24) is 4.98 Å². The monoisotopic (exact) mass is 395 g/mol. The molecule has 1 heterocycles. The molecule has 4 rings (SSSR count). The number of hydrogen-bond donors (Lipinski definition) is 1. The summed E-state index contributed by atoms with van der Waals surface area (Å²) in [7, 11) is 0. The van der Waals surface area contributed by atoms with E-state index < -0.39 is 0 Å². The van der Waals surface area contributed by atoms with Gasteiger partial charge in [-0.05, 0) is 54.8 Å². The molecule has 0 unspecified atom stereocenters. The van der Waals surface area contributed by atoms with Gasteiger partial charge >= 0.3 is 0 Å². The fourth-order valence-electron chi connectivity index (χ4n) is 3.42. The molecule has 5 nitrogen and oxygen atoms in total. The molecule has 0 spiro atoms. The zero-order chi connectivity index (χ0) is 20.9. The third-order valence-electron chi connectivity index (χ3n) is 4.93. The van der Waals surface area contributed by atoms with Gasteiger partial charge in [0.05, 0.1) is 11.3 Å². The summed E-state index contributed by atoms with van der Waals surface area (Å²) < 4.78 is 0. The van der Waals surface area contributed by atoms with E-state index in [0.717, 1.165) is 16.5 Å². The fourth-order valence-corrected chi connectivity index (χ4v) is 3.42. The molecule has 0 fully saturated rings. The Hall–Kier alpha value is -3.99. The average molecular weight is 395 g/mol. The molecule has 3 aromatic carbocycles. The summed E-state index contributed by atoms with van der Waals surface area (Å²) >= 11 is 0. The van der Waals surface area contributed by atoms with Crippen LogP contribution in [0.2, 0.25) is 0 Å². The molecular formula is C25H21N3O2. The predicted molar refractivity (Wildman–Crippen MR) is 120 cm³/mol. The van der Waals surface area contributed by atoms with E-state index in [1.807, 2.05) is 49.4 Å². The van der Waals surface area contributed by atoms with Gasteiger partial charge in [0.25, 0.3) is 11.8 Å². The molecule has 5 heteroatoms. The van der Waals surface area contributed by atoms with Crippen molar-refractivity contribution in [3.8, 4) is 0 Å². The Morgan fingerprint density at radius 1 is 0.867 bits per heavy atom. The molecular weight excluding hydrogens is 374 g/mol. The van der Waals surface area contributed by atoms with Gasteiger partial charge in [-0.25, -0.2) is 0 Å². The lowest BCUT2D eigenvalue weighted by Crippen LogP contribution is -2.30. The van der Waals surface area contributed by atoms with Crippen LogP contribution in [0.3, 0.4) is 0 Å². The first-order valence-corrected chi connectivity index (χ1v) is 9.78. The lowest BCUT2D eigenvalue weighted by molar-refractivity contribution is 0.0987. The van der Waals surface area contributed by atoms with E-state index in [-0.39, 0.29) is 11.8 Å². The Morgan fingerprint density at radius 3 is 2.37 bits per heavy atom. The highest BCUT2D eigenvalue weighted by Crippen LogP contribution is 2.28. The van der Waals surface area contributed by atoms with Gasteiger partial charge in [0.1, 0.15) is 0 Å². The van der Waals surface area contributed by atoms with Crippen molar-refractivity contribution in [3.63, 3.8) is 0 Å². The first-order valence-electron chi connectivity index (χ1n) is 9.78. The van der Waals surface area contributed by atoms with E-state index in [9.17, 15) is 9.59 Å². The van der Waals surface area contributed by atoms with Crippen molar-refractivity contribution in [2.45, 2.75) is 6.92 Å². The number of nitrogens with zero attached hydrogens (tertiary/aromatic N) is 2. The Balaban J connectivity index is 1.56. The number of amides is 2. The minimum absolute atomic E-state index is 0.0843. The molecule has 0 saturated heterocycles. The van der Waals surface area contributed by atoms with Crippen LogP contribution in [-0.2, 0) is 0 Å². The maximum Gasteiger partial charge on any atom is 0.258 e. The van der Waals surface area contributed by atoms with Gasteiger partial charge in [0.2, 0.25) is 0 Å². The van der Waals surface area contributed by atoms with Crippen LogP contribution >= 0.6 is 0 Å². The van der Waals surface area contributed by atoms with Crippen LogP contribution in [0, 0.1) is 0 Å². The SMILES string of the molecule is CCN(C(=O)c1ccc(NC(=O)c2cccnc2)cc1)c1cccc2ccccc12. The van der Waals surface area contributed by atoms with Crippen molar-refractivity contribution in [2.24, 2.45) is 0 Å². The first-order chi connectivity index (χ1) is 14.7. The minimum atomic E-state index is -0.242. The first kappa shape index (κ1) is 19.3. The zero-order valence-electron chi connectivity index (χ0n) is 16.6. The third-order valence-corrected chi connectivity index (χ3v) is 4.93. The molecule has 1 N–H and O–H groups in total. The maximum absolute atomic E-state index is 13.2. The number of pyridine rings is 1. The summed E-state index contributed by atoms with van der Waals surface area (Å²) in [6, 6.07) is 24.3. The van der Waals surface area contributed by atoms with Crippen molar-refractivity contribution < 1.29 is 9.59 Å². The van der Waals surface area contributed by atoms with Crippen LogP contribution in [0.1, 0.15) is 27.6 Å². The molecule has 2 amide bonds. The van der Waals surface area contributed by atoms with E-state index in [1.54, 1.807) is 47.5 Å². The van der Waals surface area contributed by atoms with Gasteiger partial charge in [-0.3, -0.25) is 14.6 Å². The molecule has 0 aliphatic heterocycles. The molecule has 1 aromatic heterocycles. The normalized spacial score (nSPS) is 10.6. The lowest BCUT2D eigenvalue weighted by Gasteiger charge is -2.23. The highest BCUT2D eigenvalue weighted by molar-refractivity contribution is 6.11. The van der Waals surface area contributed by atoms with Crippen LogP contribution in [-0.4, -0.2) is 23.3 Å². The van der Waals surface area contributed by atoms with Crippen LogP contribution in [0.25, 0.3) is 10.8 Å². The van der Waals surface area contributed by atoms with Crippen LogP contribution in [0.15, 0.2) is 91.3 Å². The van der Waals surface area contributed by atoms with Gasteiger partial charge in [-0.2, -0.15) is 0 Å². The molecule has 0 radical (unpaired) electrons. The van der Waals surface area contributed by atoms with Gasteiger partial charge in [0, 0.05) is 35.6 Å². The Bertz CT molecular complexity index is 1180. The molecule has 148 valence electrons. The number of fused-ring (bicyclic) bond motifs is 1. The Kier molecular flexibility index (Phi) is 5.52. The van der Waals surface area contributed by atoms with Crippen molar-refractivity contribution in [1.29, 1.82) is 0 Å². The Morgan fingerprint density at radius 2 is 1.63 bits per heavy atom. The molecule has 0 bridgehead atoms.